The molecule has 4 aliphatic rings. The van der Waals surface area contributed by atoms with E-state index in [0.29, 0.717) is 6.42 Å². The molecule has 7 N–H and O–H groups in total. The van der Waals surface area contributed by atoms with Crippen molar-refractivity contribution in [2.45, 2.75) is 88.0 Å². The van der Waals surface area contributed by atoms with Gasteiger partial charge in [-0.05, 0) is 30.7 Å². The minimum absolute atomic E-state index is 0.0653. The molecule has 0 saturated carbocycles. The van der Waals surface area contributed by atoms with Crippen LogP contribution in [0.15, 0.2) is 60.9 Å². The lowest BCUT2D eigenvalue weighted by Gasteiger charge is -2.46. The molecule has 22 nitrogen and oxygen atoms in total. The molecule has 0 aliphatic carbocycles. The SMILES string of the molecule is C=C[C@H]1[C@@H](O[C@H]2O[C@H](COC(C)=O)[C@@H](OC(=O)c3cccc(O[C@@H]4O[C@H](CO)[C@@H](O)[C@H](O)[C@H]4O)c3O)[C@@H](OC(C)=O)[C@H]2OC(=O)c2cccc(O)c2O)OC=C2C(=O)OCC[C@H]21. The van der Waals surface area contributed by atoms with Gasteiger partial charge in [-0.15, -0.1) is 6.58 Å². The van der Waals surface area contributed by atoms with E-state index in [4.69, 9.17) is 47.4 Å². The molecule has 2 aromatic carbocycles. The fourth-order valence-electron chi connectivity index (χ4n) is 7.21. The minimum atomic E-state index is -1.95. The number of ether oxygens (including phenoxy) is 10. The molecule has 4 heterocycles. The number of esters is 5. The minimum Gasteiger partial charge on any atom is -0.504 e. The maximum absolute atomic E-state index is 14.0. The lowest BCUT2D eigenvalue weighted by molar-refractivity contribution is -0.338. The van der Waals surface area contributed by atoms with Crippen LogP contribution in [-0.4, -0.2) is 153 Å². The van der Waals surface area contributed by atoms with Crippen molar-refractivity contribution in [3.05, 3.63) is 72.0 Å². The molecular formula is C40H44O22. The number of para-hydroxylation sites is 2. The van der Waals surface area contributed by atoms with E-state index >= 15 is 0 Å². The Labute approximate surface area is 351 Å². The maximum atomic E-state index is 14.0. The van der Waals surface area contributed by atoms with Gasteiger partial charge in [-0.2, -0.15) is 0 Å². The summed E-state index contributed by atoms with van der Waals surface area (Å²) < 4.78 is 56.6. The first-order valence-corrected chi connectivity index (χ1v) is 19.0. The van der Waals surface area contributed by atoms with E-state index in [2.05, 4.69) is 6.58 Å². The summed E-state index contributed by atoms with van der Waals surface area (Å²) in [6.45, 7) is 4.41. The summed E-state index contributed by atoms with van der Waals surface area (Å²) in [4.78, 5) is 65.2. The molecule has 62 heavy (non-hydrogen) atoms. The van der Waals surface area contributed by atoms with Crippen LogP contribution in [0.25, 0.3) is 0 Å². The van der Waals surface area contributed by atoms with Gasteiger partial charge in [-0.3, -0.25) is 9.59 Å². The van der Waals surface area contributed by atoms with Gasteiger partial charge in [0.1, 0.15) is 48.3 Å². The molecule has 3 fully saturated rings. The van der Waals surface area contributed by atoms with Crippen LogP contribution in [0, 0.1) is 11.8 Å². The predicted octanol–water partition coefficient (Wildman–Crippen LogP) is -0.425. The Kier molecular flexibility index (Phi) is 14.2. The molecule has 336 valence electrons. The monoisotopic (exact) mass is 876 g/mol. The van der Waals surface area contributed by atoms with Gasteiger partial charge in [-0.25, -0.2) is 14.4 Å². The molecule has 3 saturated heterocycles. The number of phenols is 3. The van der Waals surface area contributed by atoms with Crippen LogP contribution in [-0.2, 0) is 57.0 Å². The first-order chi connectivity index (χ1) is 29.5. The predicted molar refractivity (Wildman–Crippen MR) is 198 cm³/mol. The molecule has 0 spiro atoms. The molecule has 13 atom stereocenters. The Morgan fingerprint density at radius 2 is 1.45 bits per heavy atom. The normalized spacial score (nSPS) is 31.7. The van der Waals surface area contributed by atoms with E-state index in [1.54, 1.807) is 0 Å². The molecule has 2 aromatic rings. The number of carbonyl (C=O) groups is 5. The zero-order chi connectivity index (χ0) is 45.0. The number of hydrogen-bond donors (Lipinski definition) is 7. The quantitative estimate of drug-likeness (QED) is 0.0581. The van der Waals surface area contributed by atoms with E-state index in [0.717, 1.165) is 44.4 Å². The van der Waals surface area contributed by atoms with Gasteiger partial charge in [0.2, 0.25) is 18.9 Å². The molecule has 0 bridgehead atoms. The van der Waals surface area contributed by atoms with Crippen molar-refractivity contribution >= 4 is 29.8 Å². The van der Waals surface area contributed by atoms with Crippen LogP contribution in [0.5, 0.6) is 23.0 Å². The standard InChI is InChI=1S/C40H44O22/c1-4-18-19-11-12-53-35(50)22(19)14-55-38(18)62-40-34(61-36(51)20-7-5-9-23(44)27(20)45)33(56-17(3)43)32(26(59-40)15-54-16(2)42)60-37(52)21-8-6-10-24(28(21)46)57-39-31(49)30(48)29(47)25(13-41)58-39/h4-10,14,18-19,25-26,29-34,38-41,44-49H,1,11-13,15H2,2-3H3/t18-,19+,25-,26-,29-,30+,31-,32-,33-,34-,38-,39-,40-/m1/s1. The third-order valence-corrected chi connectivity index (χ3v) is 10.3. The van der Waals surface area contributed by atoms with E-state index in [9.17, 15) is 59.7 Å². The second-order valence-electron chi connectivity index (χ2n) is 14.4. The fourth-order valence-corrected chi connectivity index (χ4v) is 7.21. The number of cyclic esters (lactones) is 1. The highest BCUT2D eigenvalue weighted by Gasteiger charge is 2.55. The van der Waals surface area contributed by atoms with Gasteiger partial charge >= 0.3 is 29.8 Å². The van der Waals surface area contributed by atoms with Gasteiger partial charge < -0.3 is 83.1 Å². The zero-order valence-corrected chi connectivity index (χ0v) is 32.9. The summed E-state index contributed by atoms with van der Waals surface area (Å²) in [7, 11) is 0. The average molecular weight is 877 g/mol. The van der Waals surface area contributed by atoms with Crippen LogP contribution in [0.1, 0.15) is 41.0 Å². The van der Waals surface area contributed by atoms with Gasteiger partial charge in [-0.1, -0.05) is 18.2 Å². The molecule has 6 rings (SSSR count). The van der Waals surface area contributed by atoms with Crippen LogP contribution in [0.2, 0.25) is 0 Å². The van der Waals surface area contributed by atoms with Gasteiger partial charge in [0, 0.05) is 25.7 Å². The van der Waals surface area contributed by atoms with Gasteiger partial charge in [0.25, 0.3) is 0 Å². The molecule has 0 amide bonds. The van der Waals surface area contributed by atoms with E-state index in [-0.39, 0.29) is 12.2 Å². The molecular weight excluding hydrogens is 832 g/mol. The van der Waals surface area contributed by atoms with Crippen LogP contribution in [0.4, 0.5) is 0 Å². The van der Waals surface area contributed by atoms with Crippen LogP contribution >= 0.6 is 0 Å². The molecule has 0 unspecified atom stereocenters. The molecule has 4 aliphatic heterocycles. The Morgan fingerprint density at radius 1 is 0.790 bits per heavy atom. The number of aliphatic hydroxyl groups is 4. The number of rotatable bonds is 13. The maximum Gasteiger partial charge on any atom is 0.342 e. The van der Waals surface area contributed by atoms with E-state index in [1.165, 1.54) is 18.2 Å². The third-order valence-electron chi connectivity index (χ3n) is 10.3. The summed E-state index contributed by atoms with van der Waals surface area (Å²) in [5, 5.41) is 72.3. The highest BCUT2D eigenvalue weighted by Crippen LogP contribution is 2.41. The first kappa shape index (κ1) is 45.5. The Bertz CT molecular complexity index is 2050. The fraction of sp³-hybridized carbons (Fsp3) is 0.475. The topological polar surface area (TPSA) is 319 Å². The van der Waals surface area contributed by atoms with Crippen LogP contribution < -0.4 is 4.74 Å². The number of aromatic hydroxyl groups is 3. The zero-order valence-electron chi connectivity index (χ0n) is 32.9. The van der Waals surface area contributed by atoms with Crippen molar-refractivity contribution in [2.24, 2.45) is 11.8 Å². The van der Waals surface area contributed by atoms with E-state index < -0.39 is 157 Å². The van der Waals surface area contributed by atoms with Crippen molar-refractivity contribution in [1.29, 1.82) is 0 Å². The highest BCUT2D eigenvalue weighted by atomic mass is 16.8. The van der Waals surface area contributed by atoms with E-state index in [1.807, 2.05) is 0 Å². The molecule has 22 heteroatoms. The number of benzene rings is 2. The number of hydrogen-bond acceptors (Lipinski definition) is 22. The summed E-state index contributed by atoms with van der Waals surface area (Å²) in [6.07, 6.45) is -16.3. The molecule has 0 radical (unpaired) electrons. The van der Waals surface area contributed by atoms with Crippen molar-refractivity contribution in [2.75, 3.05) is 19.8 Å². The third kappa shape index (κ3) is 9.55. The van der Waals surface area contributed by atoms with Gasteiger partial charge in [0.05, 0.1) is 25.0 Å². The Balaban J connectivity index is 1.36. The van der Waals surface area contributed by atoms with Crippen LogP contribution in [0.3, 0.4) is 0 Å². The highest BCUT2D eigenvalue weighted by molar-refractivity contribution is 5.94. The summed E-state index contributed by atoms with van der Waals surface area (Å²) >= 11 is 0. The first-order valence-electron chi connectivity index (χ1n) is 19.0. The van der Waals surface area contributed by atoms with Crippen molar-refractivity contribution in [1.82, 2.24) is 0 Å². The summed E-state index contributed by atoms with van der Waals surface area (Å²) in [5.74, 6) is -9.53. The van der Waals surface area contributed by atoms with Crippen molar-refractivity contribution < 1.29 is 107 Å². The smallest absolute Gasteiger partial charge is 0.342 e. The lowest BCUT2D eigenvalue weighted by atomic mass is 9.81. The number of fused-ring (bicyclic) bond motifs is 1. The number of phenolic OH excluding ortho intramolecular Hbond substituents is 3. The second kappa shape index (κ2) is 19.4. The summed E-state index contributed by atoms with van der Waals surface area (Å²) in [5.41, 5.74) is -1.01. The second-order valence-corrected chi connectivity index (χ2v) is 14.4. The van der Waals surface area contributed by atoms with Crippen molar-refractivity contribution in [3.63, 3.8) is 0 Å². The number of carbonyl (C=O) groups excluding carboxylic acids is 5. The molecule has 0 aromatic heterocycles. The lowest BCUT2D eigenvalue weighted by Crippen LogP contribution is -2.64. The Hall–Kier alpha value is -6.01. The largest absolute Gasteiger partial charge is 0.504 e. The number of aliphatic hydroxyl groups excluding tert-OH is 4. The Morgan fingerprint density at radius 3 is 2.11 bits per heavy atom. The van der Waals surface area contributed by atoms with Gasteiger partial charge in [0.15, 0.2) is 41.3 Å². The average Bonchev–Trinajstić information content (AvgIpc) is 3.23. The van der Waals surface area contributed by atoms with Crippen molar-refractivity contribution in [3.8, 4) is 23.0 Å². The summed E-state index contributed by atoms with van der Waals surface area (Å²) in [6, 6.07) is 6.79.